The molecule has 0 atom stereocenters. The van der Waals surface area contributed by atoms with Crippen LogP contribution < -0.4 is 0 Å². The van der Waals surface area contributed by atoms with Gasteiger partial charge in [-0.3, -0.25) is 4.90 Å². The number of hydrogen-bond acceptors (Lipinski definition) is 3. The molecular weight excluding hydrogens is 332 g/mol. The fourth-order valence-electron chi connectivity index (χ4n) is 2.75. The molecule has 1 heterocycles. The van der Waals surface area contributed by atoms with E-state index in [0.29, 0.717) is 18.1 Å². The fraction of sp³-hybridized carbons (Fsp3) is 0.294. The molecule has 0 aliphatic carbocycles. The minimum Gasteiger partial charge on any atom is -0.296 e. The van der Waals surface area contributed by atoms with Crippen molar-refractivity contribution in [3.8, 4) is 0 Å². The highest BCUT2D eigenvalue weighted by Crippen LogP contribution is 2.21. The van der Waals surface area contributed by atoms with Crippen LogP contribution in [0.25, 0.3) is 0 Å². The average Bonchev–Trinajstić information content (AvgIpc) is 2.56. The number of nitrogens with zero attached hydrogens (tertiary/aromatic N) is 2. The van der Waals surface area contributed by atoms with E-state index in [1.807, 2.05) is 18.2 Å². The first-order chi connectivity index (χ1) is 11.1. The summed E-state index contributed by atoms with van der Waals surface area (Å²) in [5.41, 5.74) is 1.25. The van der Waals surface area contributed by atoms with Crippen molar-refractivity contribution >= 4 is 21.6 Å². The second kappa shape index (κ2) is 7.01. The number of rotatable bonds is 4. The molecule has 0 aromatic heterocycles. The molecule has 0 amide bonds. The fourth-order valence-corrected chi connectivity index (χ4v) is 4.47. The number of sulfonamides is 1. The van der Waals surface area contributed by atoms with E-state index in [1.54, 1.807) is 22.5 Å². The summed E-state index contributed by atoms with van der Waals surface area (Å²) in [6.07, 6.45) is 0. The van der Waals surface area contributed by atoms with Crippen molar-refractivity contribution < 1.29 is 8.42 Å². The van der Waals surface area contributed by atoms with Gasteiger partial charge in [0.25, 0.3) is 0 Å². The van der Waals surface area contributed by atoms with Crippen LogP contribution in [0.5, 0.6) is 0 Å². The standard InChI is InChI=1S/C17H19ClN2O2S/c18-16-7-4-8-17(13-16)23(21,22)20-11-9-19(10-12-20)14-15-5-2-1-3-6-15/h1-8,13H,9-12,14H2. The molecule has 0 unspecified atom stereocenters. The van der Waals surface area contributed by atoms with Gasteiger partial charge in [-0.1, -0.05) is 48.0 Å². The van der Waals surface area contributed by atoms with E-state index in [9.17, 15) is 8.42 Å². The van der Waals surface area contributed by atoms with Gasteiger partial charge in [-0.15, -0.1) is 0 Å². The lowest BCUT2D eigenvalue weighted by Crippen LogP contribution is -2.48. The van der Waals surface area contributed by atoms with E-state index in [-0.39, 0.29) is 4.90 Å². The number of benzene rings is 2. The lowest BCUT2D eigenvalue weighted by atomic mass is 10.2. The quantitative estimate of drug-likeness (QED) is 0.851. The molecule has 6 heteroatoms. The summed E-state index contributed by atoms with van der Waals surface area (Å²) in [6.45, 7) is 3.32. The molecule has 122 valence electrons. The van der Waals surface area contributed by atoms with Crippen LogP contribution in [0.15, 0.2) is 59.5 Å². The van der Waals surface area contributed by atoms with Crippen LogP contribution in [0.2, 0.25) is 5.02 Å². The minimum atomic E-state index is -3.46. The summed E-state index contributed by atoms with van der Waals surface area (Å²) in [7, 11) is -3.46. The SMILES string of the molecule is O=S(=O)(c1cccc(Cl)c1)N1CCN(Cc2ccccc2)CC1. The predicted octanol–water partition coefficient (Wildman–Crippen LogP) is 2.85. The van der Waals surface area contributed by atoms with Gasteiger partial charge in [0.2, 0.25) is 10.0 Å². The largest absolute Gasteiger partial charge is 0.296 e. The second-order valence-corrected chi connectivity index (χ2v) is 8.00. The summed E-state index contributed by atoms with van der Waals surface area (Å²) in [4.78, 5) is 2.54. The van der Waals surface area contributed by atoms with Crippen LogP contribution in [0.1, 0.15) is 5.56 Å². The lowest BCUT2D eigenvalue weighted by Gasteiger charge is -2.34. The van der Waals surface area contributed by atoms with Gasteiger partial charge >= 0.3 is 0 Å². The molecule has 0 spiro atoms. The Morgan fingerprint density at radius 2 is 1.61 bits per heavy atom. The topological polar surface area (TPSA) is 40.6 Å². The van der Waals surface area contributed by atoms with E-state index in [4.69, 9.17) is 11.6 Å². The highest BCUT2D eigenvalue weighted by molar-refractivity contribution is 7.89. The van der Waals surface area contributed by atoms with Gasteiger partial charge in [-0.2, -0.15) is 4.31 Å². The minimum absolute atomic E-state index is 0.265. The Bertz CT molecular complexity index is 757. The third kappa shape index (κ3) is 3.93. The van der Waals surface area contributed by atoms with Gasteiger partial charge in [-0.25, -0.2) is 8.42 Å². The number of hydrogen-bond donors (Lipinski definition) is 0. The summed E-state index contributed by atoms with van der Waals surface area (Å²) < 4.78 is 26.8. The monoisotopic (exact) mass is 350 g/mol. The van der Waals surface area contributed by atoms with Crippen molar-refractivity contribution in [3.05, 3.63) is 65.2 Å². The number of piperazine rings is 1. The Balaban J connectivity index is 1.64. The van der Waals surface area contributed by atoms with E-state index < -0.39 is 10.0 Å². The van der Waals surface area contributed by atoms with Crippen LogP contribution in [-0.2, 0) is 16.6 Å². The predicted molar refractivity (Wildman–Crippen MR) is 91.9 cm³/mol. The first kappa shape index (κ1) is 16.5. The Kier molecular flexibility index (Phi) is 5.02. The van der Waals surface area contributed by atoms with Crippen molar-refractivity contribution in [3.63, 3.8) is 0 Å². The normalized spacial score (nSPS) is 17.3. The summed E-state index contributed by atoms with van der Waals surface area (Å²) in [5, 5.41) is 0.439. The van der Waals surface area contributed by atoms with Gasteiger partial charge in [0.05, 0.1) is 4.90 Å². The van der Waals surface area contributed by atoms with Gasteiger partial charge < -0.3 is 0 Å². The van der Waals surface area contributed by atoms with Crippen LogP contribution in [-0.4, -0.2) is 43.8 Å². The first-order valence-electron chi connectivity index (χ1n) is 7.58. The maximum Gasteiger partial charge on any atom is 0.243 e. The van der Waals surface area contributed by atoms with Crippen molar-refractivity contribution in [2.75, 3.05) is 26.2 Å². The molecular formula is C17H19ClN2O2S. The maximum atomic E-state index is 12.7. The van der Waals surface area contributed by atoms with Crippen molar-refractivity contribution in [1.82, 2.24) is 9.21 Å². The third-order valence-corrected chi connectivity index (χ3v) is 6.14. The molecule has 3 rings (SSSR count). The van der Waals surface area contributed by atoms with Crippen LogP contribution >= 0.6 is 11.6 Å². The Labute approximate surface area is 142 Å². The Hall–Kier alpha value is -1.40. The zero-order valence-corrected chi connectivity index (χ0v) is 14.3. The molecule has 4 nitrogen and oxygen atoms in total. The first-order valence-corrected chi connectivity index (χ1v) is 9.39. The summed E-state index contributed by atoms with van der Waals surface area (Å²) >= 11 is 5.91. The highest BCUT2D eigenvalue weighted by atomic mass is 35.5. The van der Waals surface area contributed by atoms with Crippen molar-refractivity contribution in [2.45, 2.75) is 11.4 Å². The molecule has 1 aliphatic heterocycles. The van der Waals surface area contributed by atoms with Gasteiger partial charge in [0, 0.05) is 37.7 Å². The molecule has 23 heavy (non-hydrogen) atoms. The molecule has 2 aromatic rings. The smallest absolute Gasteiger partial charge is 0.243 e. The lowest BCUT2D eigenvalue weighted by molar-refractivity contribution is 0.181. The van der Waals surface area contributed by atoms with Crippen molar-refractivity contribution in [1.29, 1.82) is 0 Å². The zero-order valence-electron chi connectivity index (χ0n) is 12.7. The van der Waals surface area contributed by atoms with Gasteiger partial charge in [-0.05, 0) is 23.8 Å². The summed E-state index contributed by atoms with van der Waals surface area (Å²) in [6, 6.07) is 16.7. The Morgan fingerprint density at radius 1 is 0.913 bits per heavy atom. The zero-order chi connectivity index (χ0) is 16.3. The van der Waals surface area contributed by atoms with Crippen LogP contribution in [0, 0.1) is 0 Å². The molecule has 1 aliphatic rings. The molecule has 2 aromatic carbocycles. The van der Waals surface area contributed by atoms with E-state index in [2.05, 4.69) is 17.0 Å². The van der Waals surface area contributed by atoms with Gasteiger partial charge in [0.15, 0.2) is 0 Å². The molecule has 0 saturated carbocycles. The molecule has 1 saturated heterocycles. The van der Waals surface area contributed by atoms with Gasteiger partial charge in [0.1, 0.15) is 0 Å². The molecule has 0 N–H and O–H groups in total. The van der Waals surface area contributed by atoms with Crippen molar-refractivity contribution in [2.24, 2.45) is 0 Å². The summed E-state index contributed by atoms with van der Waals surface area (Å²) in [5.74, 6) is 0. The van der Waals surface area contributed by atoms with Crippen LogP contribution in [0.3, 0.4) is 0 Å². The van der Waals surface area contributed by atoms with E-state index in [0.717, 1.165) is 19.6 Å². The molecule has 0 bridgehead atoms. The van der Waals surface area contributed by atoms with Crippen LogP contribution in [0.4, 0.5) is 0 Å². The molecule has 1 fully saturated rings. The second-order valence-electron chi connectivity index (χ2n) is 5.62. The maximum absolute atomic E-state index is 12.7. The number of halogens is 1. The van der Waals surface area contributed by atoms with E-state index >= 15 is 0 Å². The Morgan fingerprint density at radius 3 is 2.26 bits per heavy atom. The van der Waals surface area contributed by atoms with E-state index in [1.165, 1.54) is 11.6 Å². The third-order valence-electron chi connectivity index (χ3n) is 4.01. The highest BCUT2D eigenvalue weighted by Gasteiger charge is 2.28. The molecule has 0 radical (unpaired) electrons. The average molecular weight is 351 g/mol.